The van der Waals surface area contributed by atoms with Crippen molar-refractivity contribution in [2.75, 3.05) is 14.1 Å². The molecule has 2 aromatic rings. The minimum absolute atomic E-state index is 0.381. The van der Waals surface area contributed by atoms with Crippen molar-refractivity contribution in [1.82, 2.24) is 9.88 Å². The summed E-state index contributed by atoms with van der Waals surface area (Å²) < 4.78 is 5.39. The molecule has 0 radical (unpaired) electrons. The van der Waals surface area contributed by atoms with E-state index in [2.05, 4.69) is 36.1 Å². The van der Waals surface area contributed by atoms with Crippen molar-refractivity contribution >= 4 is 11.1 Å². The van der Waals surface area contributed by atoms with Crippen LogP contribution in [0.1, 0.15) is 24.4 Å². The van der Waals surface area contributed by atoms with Crippen LogP contribution in [0.2, 0.25) is 0 Å². The molecule has 0 saturated heterocycles. The largest absolute Gasteiger partial charge is 0.443 e. The molecular weight excluding hydrogens is 226 g/mol. The zero-order chi connectivity index (χ0) is 12.7. The number of oxazole rings is 1. The molecule has 0 amide bonds. The van der Waals surface area contributed by atoms with Crippen LogP contribution in [-0.2, 0) is 0 Å². The summed E-state index contributed by atoms with van der Waals surface area (Å²) in [5, 5.41) is 0. The van der Waals surface area contributed by atoms with Crippen LogP contribution in [0.15, 0.2) is 29.0 Å². The number of nitrogens with two attached hydrogens (primary N) is 1. The fraction of sp³-hybridized carbons (Fsp3) is 0.500. The van der Waals surface area contributed by atoms with Crippen LogP contribution < -0.4 is 5.73 Å². The highest BCUT2D eigenvalue weighted by molar-refractivity contribution is 5.72. The van der Waals surface area contributed by atoms with E-state index in [9.17, 15) is 0 Å². The van der Waals surface area contributed by atoms with Gasteiger partial charge in [-0.15, -0.1) is 0 Å². The molecule has 4 heteroatoms. The van der Waals surface area contributed by atoms with Gasteiger partial charge < -0.3 is 15.1 Å². The second-order valence-corrected chi connectivity index (χ2v) is 5.48. The molecule has 0 bridgehead atoms. The van der Waals surface area contributed by atoms with E-state index in [0.29, 0.717) is 18.0 Å². The van der Waals surface area contributed by atoms with Gasteiger partial charge in [0.15, 0.2) is 12.0 Å². The number of rotatable bonds is 3. The summed E-state index contributed by atoms with van der Waals surface area (Å²) in [6.45, 7) is 0. The van der Waals surface area contributed by atoms with Gasteiger partial charge in [0.1, 0.15) is 5.52 Å². The third-order valence-corrected chi connectivity index (χ3v) is 3.91. The van der Waals surface area contributed by atoms with Crippen molar-refractivity contribution in [3.8, 4) is 0 Å². The third-order valence-electron chi connectivity index (χ3n) is 3.91. The quantitative estimate of drug-likeness (QED) is 0.900. The van der Waals surface area contributed by atoms with Gasteiger partial charge >= 0.3 is 0 Å². The SMILES string of the molecule is CN(C)C(c1ccc2ncoc2c1)C1CC(N)C1. The van der Waals surface area contributed by atoms with Gasteiger partial charge in [0.05, 0.1) is 0 Å². The van der Waals surface area contributed by atoms with Crippen molar-refractivity contribution in [3.05, 3.63) is 30.2 Å². The van der Waals surface area contributed by atoms with Gasteiger partial charge in [-0.2, -0.15) is 0 Å². The summed E-state index contributed by atoms with van der Waals surface area (Å²) in [4.78, 5) is 6.43. The average Bonchev–Trinajstić information content (AvgIpc) is 2.73. The van der Waals surface area contributed by atoms with Crippen LogP contribution in [0.25, 0.3) is 11.1 Å². The standard InChI is InChI=1S/C14H19N3O/c1-17(2)14(10-5-11(15)6-10)9-3-4-12-13(7-9)18-8-16-12/h3-4,7-8,10-11,14H,5-6,15H2,1-2H3. The molecule has 96 valence electrons. The second kappa shape index (κ2) is 4.37. The number of hydrogen-bond donors (Lipinski definition) is 1. The van der Waals surface area contributed by atoms with Crippen LogP contribution in [0.4, 0.5) is 0 Å². The van der Waals surface area contributed by atoms with Gasteiger partial charge in [0, 0.05) is 12.1 Å². The molecule has 4 nitrogen and oxygen atoms in total. The highest BCUT2D eigenvalue weighted by Crippen LogP contribution is 2.40. The van der Waals surface area contributed by atoms with E-state index < -0.39 is 0 Å². The Balaban J connectivity index is 1.93. The maximum Gasteiger partial charge on any atom is 0.181 e. The van der Waals surface area contributed by atoms with Crippen molar-refractivity contribution in [2.45, 2.75) is 24.9 Å². The zero-order valence-electron chi connectivity index (χ0n) is 10.8. The van der Waals surface area contributed by atoms with Crippen LogP contribution in [0.3, 0.4) is 0 Å². The highest BCUT2D eigenvalue weighted by atomic mass is 16.3. The van der Waals surface area contributed by atoms with Crippen molar-refractivity contribution in [2.24, 2.45) is 11.7 Å². The Labute approximate surface area is 107 Å². The maximum atomic E-state index is 5.91. The lowest BCUT2D eigenvalue weighted by Gasteiger charge is -2.41. The normalized spacial score (nSPS) is 25.3. The molecule has 1 aliphatic rings. The van der Waals surface area contributed by atoms with Gasteiger partial charge in [0.25, 0.3) is 0 Å². The molecule has 3 rings (SSSR count). The Hall–Kier alpha value is -1.39. The Morgan fingerprint density at radius 1 is 1.39 bits per heavy atom. The smallest absolute Gasteiger partial charge is 0.181 e. The number of hydrogen-bond acceptors (Lipinski definition) is 4. The second-order valence-electron chi connectivity index (χ2n) is 5.48. The minimum Gasteiger partial charge on any atom is -0.443 e. The molecule has 0 aliphatic heterocycles. The van der Waals surface area contributed by atoms with Crippen LogP contribution in [0, 0.1) is 5.92 Å². The molecule has 2 N–H and O–H groups in total. The Morgan fingerprint density at radius 2 is 2.17 bits per heavy atom. The van der Waals surface area contributed by atoms with Crippen LogP contribution in [0.5, 0.6) is 0 Å². The monoisotopic (exact) mass is 245 g/mol. The third kappa shape index (κ3) is 1.91. The molecule has 1 unspecified atom stereocenters. The lowest BCUT2D eigenvalue weighted by atomic mass is 9.73. The molecule has 1 fully saturated rings. The van der Waals surface area contributed by atoms with E-state index in [1.54, 1.807) is 0 Å². The van der Waals surface area contributed by atoms with E-state index in [-0.39, 0.29) is 0 Å². The Morgan fingerprint density at radius 3 is 2.83 bits per heavy atom. The molecular formula is C14H19N3O. The first kappa shape index (κ1) is 11.7. The predicted octanol–water partition coefficient (Wildman–Crippen LogP) is 2.17. The number of fused-ring (bicyclic) bond motifs is 1. The summed E-state index contributed by atoms with van der Waals surface area (Å²) in [6, 6.07) is 7.09. The first-order chi connectivity index (χ1) is 8.65. The van der Waals surface area contributed by atoms with E-state index in [0.717, 1.165) is 23.9 Å². The summed E-state index contributed by atoms with van der Waals surface area (Å²) in [6.07, 6.45) is 3.72. The van der Waals surface area contributed by atoms with Crippen molar-refractivity contribution in [1.29, 1.82) is 0 Å². The first-order valence-corrected chi connectivity index (χ1v) is 6.40. The summed E-state index contributed by atoms with van der Waals surface area (Å²) in [5.41, 5.74) is 8.99. The Bertz CT molecular complexity index is 543. The molecule has 1 aromatic carbocycles. The van der Waals surface area contributed by atoms with Gasteiger partial charge in [0.2, 0.25) is 0 Å². The molecule has 1 atom stereocenters. The number of nitrogens with zero attached hydrogens (tertiary/aromatic N) is 2. The topological polar surface area (TPSA) is 55.3 Å². The molecule has 18 heavy (non-hydrogen) atoms. The zero-order valence-corrected chi connectivity index (χ0v) is 10.8. The maximum absolute atomic E-state index is 5.91. The van der Waals surface area contributed by atoms with Crippen LogP contribution in [-0.4, -0.2) is 30.0 Å². The molecule has 1 aliphatic carbocycles. The molecule has 1 saturated carbocycles. The van der Waals surface area contributed by atoms with E-state index >= 15 is 0 Å². The van der Waals surface area contributed by atoms with Gasteiger partial charge in [-0.25, -0.2) is 4.98 Å². The number of aromatic nitrogens is 1. The van der Waals surface area contributed by atoms with Crippen molar-refractivity contribution < 1.29 is 4.42 Å². The number of benzene rings is 1. The average molecular weight is 245 g/mol. The van der Waals surface area contributed by atoms with Gasteiger partial charge in [-0.05, 0) is 50.6 Å². The van der Waals surface area contributed by atoms with E-state index in [1.165, 1.54) is 12.0 Å². The molecule has 0 spiro atoms. The van der Waals surface area contributed by atoms with E-state index in [1.807, 2.05) is 6.07 Å². The summed E-state index contributed by atoms with van der Waals surface area (Å²) in [5.74, 6) is 0.648. The molecule has 1 aromatic heterocycles. The first-order valence-electron chi connectivity index (χ1n) is 6.40. The fourth-order valence-corrected chi connectivity index (χ4v) is 3.01. The molecule has 1 heterocycles. The van der Waals surface area contributed by atoms with Crippen LogP contribution >= 0.6 is 0 Å². The predicted molar refractivity (Wildman–Crippen MR) is 71.1 cm³/mol. The van der Waals surface area contributed by atoms with Crippen molar-refractivity contribution in [3.63, 3.8) is 0 Å². The Kier molecular flexibility index (Phi) is 2.84. The fourth-order valence-electron chi connectivity index (χ4n) is 3.01. The lowest BCUT2D eigenvalue weighted by molar-refractivity contribution is 0.123. The lowest BCUT2D eigenvalue weighted by Crippen LogP contribution is -2.43. The summed E-state index contributed by atoms with van der Waals surface area (Å²) in [7, 11) is 4.25. The summed E-state index contributed by atoms with van der Waals surface area (Å²) >= 11 is 0. The van der Waals surface area contributed by atoms with E-state index in [4.69, 9.17) is 10.2 Å². The van der Waals surface area contributed by atoms with Gasteiger partial charge in [-0.1, -0.05) is 6.07 Å². The highest BCUT2D eigenvalue weighted by Gasteiger charge is 2.35. The minimum atomic E-state index is 0.381. The van der Waals surface area contributed by atoms with Gasteiger partial charge in [-0.3, -0.25) is 0 Å².